The van der Waals surface area contributed by atoms with Crippen LogP contribution in [0.1, 0.15) is 19.8 Å². The minimum Gasteiger partial charge on any atom is -0.448 e. The average Bonchev–Trinajstić information content (AvgIpc) is 2.63. The molecule has 2 rings (SSSR count). The van der Waals surface area contributed by atoms with E-state index in [4.69, 9.17) is 4.74 Å². The van der Waals surface area contributed by atoms with Gasteiger partial charge in [0.05, 0.1) is 6.54 Å². The Kier molecular flexibility index (Phi) is 3.46. The fraction of sp³-hybridized carbons (Fsp3) is 0.909. The van der Waals surface area contributed by atoms with Gasteiger partial charge in [-0.05, 0) is 31.8 Å². The summed E-state index contributed by atoms with van der Waals surface area (Å²) in [6, 6.07) is 0. The minimum atomic E-state index is -0.139. The lowest BCUT2D eigenvalue weighted by atomic mass is 9.99. The van der Waals surface area contributed by atoms with Gasteiger partial charge in [0.15, 0.2) is 0 Å². The van der Waals surface area contributed by atoms with E-state index < -0.39 is 0 Å². The molecule has 0 atom stereocenters. The smallest absolute Gasteiger partial charge is 0.409 e. The molecule has 4 nitrogen and oxygen atoms in total. The lowest BCUT2D eigenvalue weighted by molar-refractivity contribution is 0.146. The zero-order valence-electron chi connectivity index (χ0n) is 9.45. The van der Waals surface area contributed by atoms with Crippen molar-refractivity contribution in [1.82, 2.24) is 9.80 Å². The zero-order valence-corrected chi connectivity index (χ0v) is 9.45. The molecule has 2 saturated heterocycles. The molecule has 0 bridgehead atoms. The van der Waals surface area contributed by atoms with Crippen molar-refractivity contribution in [3.63, 3.8) is 0 Å². The quantitative estimate of drug-likeness (QED) is 0.704. The molecule has 0 spiro atoms. The van der Waals surface area contributed by atoms with Gasteiger partial charge < -0.3 is 14.5 Å². The number of likely N-dealkylation sites (tertiary alicyclic amines) is 1. The maximum Gasteiger partial charge on any atom is 0.409 e. The summed E-state index contributed by atoms with van der Waals surface area (Å²) in [6.07, 6.45) is 2.45. The molecule has 0 N–H and O–H groups in total. The lowest BCUT2D eigenvalue weighted by Crippen LogP contribution is -2.39. The number of carbonyl (C=O) groups is 1. The highest BCUT2D eigenvalue weighted by molar-refractivity contribution is 5.69. The van der Waals surface area contributed by atoms with Crippen molar-refractivity contribution in [3.05, 3.63) is 0 Å². The normalized spacial score (nSPS) is 24.6. The predicted octanol–water partition coefficient (Wildman–Crippen LogP) is 1.17. The highest BCUT2D eigenvalue weighted by Gasteiger charge is 2.23. The van der Waals surface area contributed by atoms with Gasteiger partial charge in [-0.1, -0.05) is 6.92 Å². The highest BCUT2D eigenvalue weighted by atomic mass is 16.6. The van der Waals surface area contributed by atoms with E-state index in [9.17, 15) is 4.79 Å². The summed E-state index contributed by atoms with van der Waals surface area (Å²) in [7, 11) is 0. The van der Waals surface area contributed by atoms with Gasteiger partial charge in [0.1, 0.15) is 6.61 Å². The molecule has 0 aliphatic carbocycles. The molecule has 0 radical (unpaired) electrons. The highest BCUT2D eigenvalue weighted by Crippen LogP contribution is 2.15. The van der Waals surface area contributed by atoms with Gasteiger partial charge in [0, 0.05) is 13.1 Å². The first kappa shape index (κ1) is 10.7. The van der Waals surface area contributed by atoms with Crippen molar-refractivity contribution >= 4 is 6.09 Å². The van der Waals surface area contributed by atoms with Gasteiger partial charge >= 0.3 is 6.09 Å². The molecule has 0 aromatic carbocycles. The Morgan fingerprint density at radius 1 is 1.27 bits per heavy atom. The van der Waals surface area contributed by atoms with Crippen LogP contribution in [-0.2, 0) is 4.74 Å². The number of carbonyl (C=O) groups excluding carboxylic acids is 1. The van der Waals surface area contributed by atoms with Crippen LogP contribution in [0.2, 0.25) is 0 Å². The molecular weight excluding hydrogens is 192 g/mol. The second kappa shape index (κ2) is 4.84. The molecule has 0 aromatic rings. The zero-order chi connectivity index (χ0) is 10.7. The largest absolute Gasteiger partial charge is 0.448 e. The second-order valence-corrected chi connectivity index (χ2v) is 4.63. The van der Waals surface area contributed by atoms with E-state index in [1.807, 2.05) is 0 Å². The summed E-state index contributed by atoms with van der Waals surface area (Å²) in [5.41, 5.74) is 0. The van der Waals surface area contributed by atoms with Crippen molar-refractivity contribution in [3.8, 4) is 0 Å². The van der Waals surface area contributed by atoms with Gasteiger partial charge in [0.2, 0.25) is 0 Å². The fourth-order valence-corrected chi connectivity index (χ4v) is 2.18. The Morgan fingerprint density at radius 2 is 2.00 bits per heavy atom. The molecule has 2 aliphatic heterocycles. The summed E-state index contributed by atoms with van der Waals surface area (Å²) in [6.45, 7) is 7.84. The standard InChI is InChI=1S/C11H20N2O2/c1-10-2-4-12(5-3-10)6-7-13-8-9-15-11(13)14/h10H,2-9H2,1H3. The molecule has 1 amide bonds. The van der Waals surface area contributed by atoms with E-state index in [1.54, 1.807) is 4.90 Å². The average molecular weight is 212 g/mol. The first-order chi connectivity index (χ1) is 7.25. The number of rotatable bonds is 3. The summed E-state index contributed by atoms with van der Waals surface area (Å²) in [4.78, 5) is 15.4. The van der Waals surface area contributed by atoms with Gasteiger partial charge in [-0.2, -0.15) is 0 Å². The van der Waals surface area contributed by atoms with Crippen LogP contribution >= 0.6 is 0 Å². The number of hydrogen-bond donors (Lipinski definition) is 0. The Morgan fingerprint density at radius 3 is 2.60 bits per heavy atom. The molecule has 4 heteroatoms. The van der Waals surface area contributed by atoms with Crippen molar-refractivity contribution in [1.29, 1.82) is 0 Å². The van der Waals surface area contributed by atoms with Crippen molar-refractivity contribution in [2.24, 2.45) is 5.92 Å². The molecular formula is C11H20N2O2. The van der Waals surface area contributed by atoms with Crippen LogP contribution in [0.25, 0.3) is 0 Å². The third-order valence-electron chi connectivity index (χ3n) is 3.41. The van der Waals surface area contributed by atoms with Crippen LogP contribution in [-0.4, -0.2) is 55.2 Å². The number of cyclic esters (lactones) is 1. The molecule has 15 heavy (non-hydrogen) atoms. The number of hydrogen-bond acceptors (Lipinski definition) is 3. The van der Waals surface area contributed by atoms with E-state index in [0.29, 0.717) is 6.61 Å². The molecule has 0 unspecified atom stereocenters. The third-order valence-corrected chi connectivity index (χ3v) is 3.41. The van der Waals surface area contributed by atoms with Crippen LogP contribution in [0.4, 0.5) is 4.79 Å². The summed E-state index contributed by atoms with van der Waals surface area (Å²) < 4.78 is 4.89. The van der Waals surface area contributed by atoms with Gasteiger partial charge in [-0.25, -0.2) is 4.79 Å². The topological polar surface area (TPSA) is 32.8 Å². The van der Waals surface area contributed by atoms with Gasteiger partial charge in [0.25, 0.3) is 0 Å². The fourth-order valence-electron chi connectivity index (χ4n) is 2.18. The predicted molar refractivity (Wildman–Crippen MR) is 57.8 cm³/mol. The van der Waals surface area contributed by atoms with Crippen molar-refractivity contribution < 1.29 is 9.53 Å². The number of piperidine rings is 1. The Bertz CT molecular complexity index is 225. The van der Waals surface area contributed by atoms with E-state index in [2.05, 4.69) is 11.8 Å². The van der Waals surface area contributed by atoms with Gasteiger partial charge in [-0.15, -0.1) is 0 Å². The van der Waals surface area contributed by atoms with Crippen LogP contribution in [0.15, 0.2) is 0 Å². The minimum absolute atomic E-state index is 0.139. The van der Waals surface area contributed by atoms with E-state index in [0.717, 1.165) is 25.6 Å². The van der Waals surface area contributed by atoms with Crippen LogP contribution in [0.3, 0.4) is 0 Å². The van der Waals surface area contributed by atoms with Crippen molar-refractivity contribution in [2.45, 2.75) is 19.8 Å². The van der Waals surface area contributed by atoms with Crippen LogP contribution in [0.5, 0.6) is 0 Å². The molecule has 86 valence electrons. The maximum absolute atomic E-state index is 11.2. The summed E-state index contributed by atoms with van der Waals surface area (Å²) >= 11 is 0. The number of nitrogens with zero attached hydrogens (tertiary/aromatic N) is 2. The maximum atomic E-state index is 11.2. The summed E-state index contributed by atoms with van der Waals surface area (Å²) in [5.74, 6) is 0.873. The third kappa shape index (κ3) is 2.84. The van der Waals surface area contributed by atoms with E-state index >= 15 is 0 Å². The molecule has 2 heterocycles. The number of ether oxygens (including phenoxy) is 1. The first-order valence-corrected chi connectivity index (χ1v) is 5.90. The van der Waals surface area contributed by atoms with E-state index in [-0.39, 0.29) is 6.09 Å². The van der Waals surface area contributed by atoms with Crippen LogP contribution < -0.4 is 0 Å². The molecule has 0 aromatic heterocycles. The first-order valence-electron chi connectivity index (χ1n) is 5.90. The molecule has 2 aliphatic rings. The SMILES string of the molecule is CC1CCN(CCN2CCOC2=O)CC1. The Hall–Kier alpha value is -0.770. The Labute approximate surface area is 91.2 Å². The molecule has 2 fully saturated rings. The molecule has 0 saturated carbocycles. The van der Waals surface area contributed by atoms with E-state index in [1.165, 1.54) is 25.9 Å². The number of amides is 1. The summed E-state index contributed by atoms with van der Waals surface area (Å²) in [5, 5.41) is 0. The second-order valence-electron chi connectivity index (χ2n) is 4.63. The lowest BCUT2D eigenvalue weighted by Gasteiger charge is -2.30. The Balaban J connectivity index is 1.67. The van der Waals surface area contributed by atoms with Gasteiger partial charge in [-0.3, -0.25) is 0 Å². The van der Waals surface area contributed by atoms with Crippen LogP contribution in [0, 0.1) is 5.92 Å². The monoisotopic (exact) mass is 212 g/mol. The van der Waals surface area contributed by atoms with Crippen molar-refractivity contribution in [2.75, 3.05) is 39.3 Å².